The molecule has 136 valence electrons. The average molecular weight is 344 g/mol. The van der Waals surface area contributed by atoms with Crippen LogP contribution < -0.4 is 0 Å². The summed E-state index contributed by atoms with van der Waals surface area (Å²) in [5.41, 5.74) is 1.58. The third kappa shape index (κ3) is 1.96. The first-order valence-electron chi connectivity index (χ1n) is 9.75. The van der Waals surface area contributed by atoms with E-state index in [0.717, 1.165) is 24.0 Å². The van der Waals surface area contributed by atoms with E-state index in [0.29, 0.717) is 18.8 Å². The molecule has 0 aromatic carbocycles. The Bertz CT molecular complexity index is 707. The molecule has 2 nitrogen and oxygen atoms in total. The Labute approximate surface area is 149 Å². The zero-order chi connectivity index (χ0) is 18.3. The maximum atomic E-state index is 14.4. The number of fused-ring (bicyclic) bond motifs is 5. The average Bonchev–Trinajstić information content (AvgIpc) is 2.78. The maximum absolute atomic E-state index is 14.4. The molecule has 0 heterocycles. The standard InChI is InChI=1S/C22H29FO2/c1-11-8-14(24)9-16-12(2)13(3)19-15(22(11,16)5)6-7-21(4)17(19)10-18(23)20(21)25/h9,11,13,15,17-19H,2,6-8,10H2,1,3-5H3/t11-,13-,15+,17+,18-,19-,21+,22-/m1/s1. The van der Waals surface area contributed by atoms with Gasteiger partial charge in [-0.1, -0.05) is 34.3 Å². The number of Topliss-reactive ketones (excluding diaryl/α,β-unsaturated/α-hetero) is 1. The third-order valence-electron chi connectivity index (χ3n) is 8.69. The van der Waals surface area contributed by atoms with E-state index in [2.05, 4.69) is 27.4 Å². The zero-order valence-corrected chi connectivity index (χ0v) is 15.8. The second-order valence-corrected chi connectivity index (χ2v) is 9.54. The number of carbonyl (C=O) groups is 2. The van der Waals surface area contributed by atoms with Gasteiger partial charge in [-0.3, -0.25) is 9.59 Å². The molecule has 0 saturated heterocycles. The molecule has 0 aromatic heterocycles. The van der Waals surface area contributed by atoms with Crippen LogP contribution >= 0.6 is 0 Å². The Balaban J connectivity index is 1.84. The monoisotopic (exact) mass is 344 g/mol. The van der Waals surface area contributed by atoms with Crippen LogP contribution in [0.2, 0.25) is 0 Å². The molecule has 0 bridgehead atoms. The van der Waals surface area contributed by atoms with Crippen LogP contribution in [0.15, 0.2) is 23.8 Å². The highest BCUT2D eigenvalue weighted by molar-refractivity contribution is 5.93. The number of carbonyl (C=O) groups excluding carboxylic acids is 2. The Kier molecular flexibility index (Phi) is 3.53. The van der Waals surface area contributed by atoms with Gasteiger partial charge >= 0.3 is 0 Å². The Morgan fingerprint density at radius 1 is 1.20 bits per heavy atom. The highest BCUT2D eigenvalue weighted by Gasteiger charge is 2.64. The second-order valence-electron chi connectivity index (χ2n) is 9.54. The molecule has 0 spiro atoms. The van der Waals surface area contributed by atoms with Crippen LogP contribution in [0.5, 0.6) is 0 Å². The summed E-state index contributed by atoms with van der Waals surface area (Å²) in [4.78, 5) is 24.7. The van der Waals surface area contributed by atoms with Gasteiger partial charge in [0.15, 0.2) is 17.7 Å². The predicted molar refractivity (Wildman–Crippen MR) is 95.6 cm³/mol. The van der Waals surface area contributed by atoms with E-state index in [1.807, 2.05) is 13.0 Å². The predicted octanol–water partition coefficient (Wildman–Crippen LogP) is 4.69. The molecule has 0 aliphatic heterocycles. The summed E-state index contributed by atoms with van der Waals surface area (Å²) >= 11 is 0. The van der Waals surface area contributed by atoms with Gasteiger partial charge in [0.1, 0.15) is 0 Å². The van der Waals surface area contributed by atoms with Gasteiger partial charge < -0.3 is 0 Å². The fourth-order valence-electron chi connectivity index (χ4n) is 6.98. The summed E-state index contributed by atoms with van der Waals surface area (Å²) < 4.78 is 14.4. The van der Waals surface area contributed by atoms with Crippen LogP contribution in [0.25, 0.3) is 0 Å². The summed E-state index contributed by atoms with van der Waals surface area (Å²) in [7, 11) is 0. The van der Waals surface area contributed by atoms with Crippen LogP contribution in [-0.4, -0.2) is 17.7 Å². The minimum absolute atomic E-state index is 0.0824. The molecule has 4 aliphatic rings. The van der Waals surface area contributed by atoms with Crippen molar-refractivity contribution in [1.82, 2.24) is 0 Å². The first-order valence-corrected chi connectivity index (χ1v) is 9.75. The first kappa shape index (κ1) is 17.2. The van der Waals surface area contributed by atoms with Gasteiger partial charge in [0, 0.05) is 11.8 Å². The number of hydrogen-bond donors (Lipinski definition) is 0. The maximum Gasteiger partial charge on any atom is 0.173 e. The lowest BCUT2D eigenvalue weighted by Gasteiger charge is -2.61. The van der Waals surface area contributed by atoms with Gasteiger partial charge in [-0.15, -0.1) is 0 Å². The first-order chi connectivity index (χ1) is 11.6. The van der Waals surface area contributed by atoms with Gasteiger partial charge in [0.2, 0.25) is 0 Å². The molecule has 3 fully saturated rings. The highest BCUT2D eigenvalue weighted by Crippen LogP contribution is 2.67. The molecular weight excluding hydrogens is 315 g/mol. The Morgan fingerprint density at radius 3 is 2.56 bits per heavy atom. The highest BCUT2D eigenvalue weighted by atomic mass is 19.1. The van der Waals surface area contributed by atoms with Crippen molar-refractivity contribution >= 4 is 11.6 Å². The topological polar surface area (TPSA) is 34.1 Å². The molecule has 3 saturated carbocycles. The summed E-state index contributed by atoms with van der Waals surface area (Å²) in [5, 5.41) is 0. The molecule has 8 atom stereocenters. The Morgan fingerprint density at radius 2 is 1.88 bits per heavy atom. The molecular formula is C22H29FO2. The van der Waals surface area contributed by atoms with Crippen molar-refractivity contribution in [3.63, 3.8) is 0 Å². The van der Waals surface area contributed by atoms with Crippen molar-refractivity contribution in [3.8, 4) is 0 Å². The van der Waals surface area contributed by atoms with Gasteiger partial charge in [-0.25, -0.2) is 4.39 Å². The Hall–Kier alpha value is -1.25. The number of rotatable bonds is 0. The van der Waals surface area contributed by atoms with Gasteiger partial charge in [-0.2, -0.15) is 0 Å². The zero-order valence-electron chi connectivity index (χ0n) is 15.8. The van der Waals surface area contributed by atoms with Gasteiger partial charge in [0.25, 0.3) is 0 Å². The number of halogens is 1. The third-order valence-corrected chi connectivity index (χ3v) is 8.69. The normalized spacial score (nSPS) is 52.4. The van der Waals surface area contributed by atoms with Gasteiger partial charge in [0.05, 0.1) is 0 Å². The lowest BCUT2D eigenvalue weighted by Crippen LogP contribution is -2.56. The van der Waals surface area contributed by atoms with E-state index < -0.39 is 11.6 Å². The van der Waals surface area contributed by atoms with Crippen molar-refractivity contribution in [1.29, 1.82) is 0 Å². The van der Waals surface area contributed by atoms with Crippen molar-refractivity contribution in [2.24, 2.45) is 40.4 Å². The second kappa shape index (κ2) is 5.14. The molecule has 25 heavy (non-hydrogen) atoms. The molecule has 4 rings (SSSR count). The quantitative estimate of drug-likeness (QED) is 0.639. The summed E-state index contributed by atoms with van der Waals surface area (Å²) in [6.45, 7) is 13.0. The summed E-state index contributed by atoms with van der Waals surface area (Å²) in [6.07, 6.45) is 3.21. The number of alkyl halides is 1. The van der Waals surface area contributed by atoms with Crippen molar-refractivity contribution in [3.05, 3.63) is 23.8 Å². The van der Waals surface area contributed by atoms with E-state index in [1.54, 1.807) is 0 Å². The van der Waals surface area contributed by atoms with E-state index in [-0.39, 0.29) is 40.7 Å². The molecule has 0 aromatic rings. The lowest BCUT2D eigenvalue weighted by molar-refractivity contribution is -0.136. The van der Waals surface area contributed by atoms with Crippen LogP contribution in [-0.2, 0) is 9.59 Å². The summed E-state index contributed by atoms with van der Waals surface area (Å²) in [6, 6.07) is 0. The SMILES string of the molecule is C=C1C2=CC(=O)C[C@@H](C)[C@]2(C)[C@H]2CC[C@]3(C)C(=O)[C@H](F)C[C@H]3[C@@H]2[C@@H]1C. The fourth-order valence-corrected chi connectivity index (χ4v) is 6.98. The van der Waals surface area contributed by atoms with E-state index >= 15 is 0 Å². The molecule has 3 heteroatoms. The number of hydrogen-bond acceptors (Lipinski definition) is 2. The van der Waals surface area contributed by atoms with Crippen molar-refractivity contribution in [2.75, 3.05) is 0 Å². The number of ketones is 2. The molecule has 0 unspecified atom stereocenters. The van der Waals surface area contributed by atoms with Crippen molar-refractivity contribution < 1.29 is 14.0 Å². The minimum atomic E-state index is -1.30. The van der Waals surface area contributed by atoms with Crippen LogP contribution in [0.1, 0.15) is 53.4 Å². The van der Waals surface area contributed by atoms with E-state index in [4.69, 9.17) is 0 Å². The minimum Gasteiger partial charge on any atom is -0.296 e. The number of allylic oxidation sites excluding steroid dienone is 2. The van der Waals surface area contributed by atoms with Gasteiger partial charge in [-0.05, 0) is 71.5 Å². The van der Waals surface area contributed by atoms with Crippen molar-refractivity contribution in [2.45, 2.75) is 59.5 Å². The van der Waals surface area contributed by atoms with Crippen LogP contribution in [0.3, 0.4) is 0 Å². The smallest absolute Gasteiger partial charge is 0.173 e. The van der Waals surface area contributed by atoms with E-state index in [9.17, 15) is 14.0 Å². The lowest BCUT2D eigenvalue weighted by atomic mass is 9.42. The molecule has 0 radical (unpaired) electrons. The van der Waals surface area contributed by atoms with Crippen LogP contribution in [0, 0.1) is 40.4 Å². The van der Waals surface area contributed by atoms with E-state index in [1.165, 1.54) is 0 Å². The van der Waals surface area contributed by atoms with Crippen LogP contribution in [0.4, 0.5) is 4.39 Å². The molecule has 0 N–H and O–H groups in total. The summed E-state index contributed by atoms with van der Waals surface area (Å²) in [5.74, 6) is 1.28. The largest absolute Gasteiger partial charge is 0.296 e. The molecule has 0 amide bonds. The molecule has 4 aliphatic carbocycles. The fraction of sp³-hybridized carbons (Fsp3) is 0.727.